The number of anilines is 1. The molecule has 0 aliphatic carbocycles. The molecular weight excluding hydrogens is 394 g/mol. The second-order valence-corrected chi connectivity index (χ2v) is 7.44. The van der Waals surface area contributed by atoms with Crippen LogP contribution in [0.15, 0.2) is 76.7 Å². The van der Waals surface area contributed by atoms with Gasteiger partial charge in [0.1, 0.15) is 6.54 Å². The molecule has 0 atom stereocenters. The fraction of sp³-hybridized carbons (Fsp3) is 0.174. The highest BCUT2D eigenvalue weighted by Gasteiger charge is 2.25. The van der Waals surface area contributed by atoms with Crippen LogP contribution in [-0.4, -0.2) is 31.6 Å². The molecule has 1 aromatic heterocycles. The molecule has 0 spiro atoms. The first-order chi connectivity index (χ1) is 15.1. The quantitative estimate of drug-likeness (QED) is 0.506. The molecule has 1 amide bonds. The number of para-hydroxylation sites is 1. The summed E-state index contributed by atoms with van der Waals surface area (Å²) in [5.41, 5.74) is 2.05. The number of nitrogens with zero attached hydrogens (tertiary/aromatic N) is 5. The smallest absolute Gasteiger partial charge is 0.323 e. The van der Waals surface area contributed by atoms with Gasteiger partial charge in [-0.05, 0) is 47.9 Å². The van der Waals surface area contributed by atoms with Crippen molar-refractivity contribution in [1.29, 1.82) is 0 Å². The van der Waals surface area contributed by atoms with Crippen LogP contribution < -0.4 is 16.1 Å². The highest BCUT2D eigenvalue weighted by Crippen LogP contribution is 2.28. The maximum atomic E-state index is 13.0. The van der Waals surface area contributed by atoms with E-state index in [2.05, 4.69) is 9.97 Å². The van der Waals surface area contributed by atoms with Gasteiger partial charge in [0.2, 0.25) is 5.91 Å². The Bertz CT molecular complexity index is 1360. The lowest BCUT2D eigenvalue weighted by atomic mass is 10.2. The molecule has 2 aromatic rings. The van der Waals surface area contributed by atoms with Crippen LogP contribution >= 0.6 is 0 Å². The zero-order chi connectivity index (χ0) is 21.4. The summed E-state index contributed by atoms with van der Waals surface area (Å²) < 4.78 is 2.67. The lowest BCUT2D eigenvalue weighted by molar-refractivity contribution is -0.119. The maximum Gasteiger partial charge on any atom is 0.352 e. The zero-order valence-corrected chi connectivity index (χ0v) is 16.6. The summed E-state index contributed by atoms with van der Waals surface area (Å²) in [7, 11) is 0. The molecule has 4 heterocycles. The van der Waals surface area contributed by atoms with Crippen molar-refractivity contribution in [2.75, 3.05) is 11.4 Å². The van der Waals surface area contributed by atoms with Crippen molar-refractivity contribution < 1.29 is 4.79 Å². The largest absolute Gasteiger partial charge is 0.352 e. The molecule has 5 rings (SSSR count). The van der Waals surface area contributed by atoms with Crippen molar-refractivity contribution in [3.8, 4) is 11.4 Å². The van der Waals surface area contributed by atoms with Crippen molar-refractivity contribution in [1.82, 2.24) is 19.1 Å². The van der Waals surface area contributed by atoms with Gasteiger partial charge in [-0.2, -0.15) is 4.98 Å². The van der Waals surface area contributed by atoms with Gasteiger partial charge < -0.3 is 9.47 Å². The van der Waals surface area contributed by atoms with E-state index in [9.17, 15) is 14.4 Å². The summed E-state index contributed by atoms with van der Waals surface area (Å²) in [6.07, 6.45) is 5.69. The minimum Gasteiger partial charge on any atom is -0.323 e. The van der Waals surface area contributed by atoms with Crippen LogP contribution in [0.3, 0.4) is 0 Å². The number of amides is 1. The average molecular weight is 413 g/mol. The molecule has 3 aliphatic heterocycles. The number of hydrogen-bond acceptors (Lipinski definition) is 5. The minimum atomic E-state index is -0.645. The molecule has 3 aliphatic rings. The van der Waals surface area contributed by atoms with Gasteiger partial charge in [-0.15, -0.1) is 0 Å². The van der Waals surface area contributed by atoms with Gasteiger partial charge in [0.05, 0.1) is 12.1 Å². The fourth-order valence-electron chi connectivity index (χ4n) is 3.98. The molecule has 31 heavy (non-hydrogen) atoms. The second-order valence-electron chi connectivity index (χ2n) is 7.44. The predicted octanol–water partition coefficient (Wildman–Crippen LogP) is 1.54. The van der Waals surface area contributed by atoms with E-state index in [0.29, 0.717) is 12.1 Å². The Morgan fingerprint density at radius 2 is 1.81 bits per heavy atom. The summed E-state index contributed by atoms with van der Waals surface area (Å²) >= 11 is 0. The highest BCUT2D eigenvalue weighted by atomic mass is 16.2. The van der Waals surface area contributed by atoms with Gasteiger partial charge in [-0.25, -0.2) is 4.79 Å². The number of aromatic nitrogens is 4. The molecule has 154 valence electrons. The second kappa shape index (κ2) is 7.64. The molecule has 1 aromatic carbocycles. The van der Waals surface area contributed by atoms with Crippen molar-refractivity contribution in [2.24, 2.45) is 0 Å². The Kier molecular flexibility index (Phi) is 4.66. The zero-order valence-electron chi connectivity index (χ0n) is 16.6. The Labute approximate surface area is 177 Å². The lowest BCUT2D eigenvalue weighted by Crippen LogP contribution is -2.39. The first-order valence-corrected chi connectivity index (χ1v) is 9.99. The third-order valence-corrected chi connectivity index (χ3v) is 5.53. The average Bonchev–Trinajstić information content (AvgIpc) is 3.22. The van der Waals surface area contributed by atoms with Crippen LogP contribution in [0.2, 0.25) is 0 Å². The normalized spacial score (nSPS) is 12.8. The van der Waals surface area contributed by atoms with E-state index in [0.717, 1.165) is 27.8 Å². The van der Waals surface area contributed by atoms with E-state index >= 15 is 0 Å². The van der Waals surface area contributed by atoms with E-state index in [4.69, 9.17) is 0 Å². The van der Waals surface area contributed by atoms with Crippen molar-refractivity contribution >= 4 is 11.6 Å². The predicted molar refractivity (Wildman–Crippen MR) is 115 cm³/mol. The SMILES string of the molecule is O=C(Cn1cccc2c(=O)n(Cc3ccncc3)c(=O)nc1-2)N1CCc2ccccc21. The van der Waals surface area contributed by atoms with Crippen LogP contribution in [0, 0.1) is 0 Å². The van der Waals surface area contributed by atoms with E-state index in [1.807, 2.05) is 24.3 Å². The van der Waals surface area contributed by atoms with Gasteiger partial charge in [0, 0.05) is 30.8 Å². The molecule has 0 saturated heterocycles. The van der Waals surface area contributed by atoms with Crippen LogP contribution in [0.25, 0.3) is 11.4 Å². The van der Waals surface area contributed by atoms with Crippen molar-refractivity contribution in [2.45, 2.75) is 19.5 Å². The Hall–Kier alpha value is -4.07. The number of pyridine rings is 2. The number of rotatable bonds is 4. The highest BCUT2D eigenvalue weighted by molar-refractivity contribution is 5.95. The van der Waals surface area contributed by atoms with Crippen LogP contribution in [0.4, 0.5) is 5.69 Å². The first kappa shape index (κ1) is 18.9. The van der Waals surface area contributed by atoms with Crippen LogP contribution in [-0.2, 0) is 24.3 Å². The third-order valence-electron chi connectivity index (χ3n) is 5.53. The van der Waals surface area contributed by atoms with Crippen molar-refractivity contribution in [3.63, 3.8) is 0 Å². The van der Waals surface area contributed by atoms with Gasteiger partial charge in [-0.3, -0.25) is 19.1 Å². The van der Waals surface area contributed by atoms with Crippen LogP contribution in [0.5, 0.6) is 0 Å². The summed E-state index contributed by atoms with van der Waals surface area (Å²) in [6, 6.07) is 14.6. The maximum absolute atomic E-state index is 13.0. The van der Waals surface area contributed by atoms with Crippen molar-refractivity contribution in [3.05, 3.63) is 99.1 Å². The number of fused-ring (bicyclic) bond motifs is 2. The molecule has 8 nitrogen and oxygen atoms in total. The first-order valence-electron chi connectivity index (χ1n) is 9.99. The molecule has 0 fully saturated rings. The molecule has 0 unspecified atom stereocenters. The Balaban J connectivity index is 1.49. The van der Waals surface area contributed by atoms with E-state index in [-0.39, 0.29) is 24.8 Å². The number of carbonyl (C=O) groups is 1. The van der Waals surface area contributed by atoms with E-state index in [1.54, 1.807) is 52.3 Å². The molecular formula is C23H19N5O3. The number of hydrogen-bond donors (Lipinski definition) is 0. The molecule has 0 saturated carbocycles. The topological polar surface area (TPSA) is 90.1 Å². The van der Waals surface area contributed by atoms with Gasteiger partial charge in [0.25, 0.3) is 5.56 Å². The van der Waals surface area contributed by atoms with Crippen LogP contribution in [0.1, 0.15) is 11.1 Å². The number of carbonyl (C=O) groups excluding carboxylic acids is 1. The van der Waals surface area contributed by atoms with E-state index in [1.165, 1.54) is 0 Å². The summed E-state index contributed by atoms with van der Waals surface area (Å²) in [4.78, 5) is 48.5. The Morgan fingerprint density at radius 1 is 1.00 bits per heavy atom. The molecule has 0 radical (unpaired) electrons. The lowest BCUT2D eigenvalue weighted by Gasteiger charge is -2.20. The Morgan fingerprint density at radius 3 is 2.65 bits per heavy atom. The minimum absolute atomic E-state index is 0.00801. The fourth-order valence-corrected chi connectivity index (χ4v) is 3.98. The van der Waals surface area contributed by atoms with Gasteiger partial charge >= 0.3 is 5.69 Å². The monoisotopic (exact) mass is 413 g/mol. The van der Waals surface area contributed by atoms with E-state index < -0.39 is 11.2 Å². The number of benzene rings is 1. The van der Waals surface area contributed by atoms with Gasteiger partial charge in [-0.1, -0.05) is 18.2 Å². The summed E-state index contributed by atoms with van der Waals surface area (Å²) in [5, 5.41) is 0. The third kappa shape index (κ3) is 3.42. The van der Waals surface area contributed by atoms with Gasteiger partial charge in [0.15, 0.2) is 5.82 Å². The standard InChI is InChI=1S/C23H19N5O3/c29-20(27-13-9-17-4-1-2-6-19(17)27)15-26-12-3-5-18-21(26)25-23(31)28(22(18)30)14-16-7-10-24-11-8-16/h1-8,10-12H,9,13-15H2. The molecule has 0 bridgehead atoms. The molecule has 8 heteroatoms. The molecule has 0 N–H and O–H groups in total. The summed E-state index contributed by atoms with van der Waals surface area (Å²) in [5.74, 6) is 0.0990. The summed E-state index contributed by atoms with van der Waals surface area (Å²) in [6.45, 7) is 0.718.